The van der Waals surface area contributed by atoms with Crippen LogP contribution < -0.4 is 15.2 Å². The molecule has 2 amide bonds. The number of hydrogen-bond donors (Lipinski definition) is 1. The highest BCUT2D eigenvalue weighted by molar-refractivity contribution is 7.20. The summed E-state index contributed by atoms with van der Waals surface area (Å²) in [5, 5.41) is 0.263. The SMILES string of the molecule is CCCOc1ccc(-c2sc(N)c3c2C(=O)N(CCC(=O)OC)C3=O)cc1OC. The molecule has 0 spiro atoms. The van der Waals surface area contributed by atoms with E-state index in [-0.39, 0.29) is 29.1 Å². The molecule has 9 heteroatoms. The normalized spacial score (nSPS) is 12.9. The second-order valence-corrected chi connectivity index (χ2v) is 7.40. The average Bonchev–Trinajstić information content (AvgIpc) is 3.20. The Hall–Kier alpha value is -3.07. The summed E-state index contributed by atoms with van der Waals surface area (Å²) in [5.41, 5.74) is 7.20. The molecule has 1 aromatic carbocycles. The molecule has 2 heterocycles. The standard InChI is InChI=1S/C20H22N2O6S/c1-4-9-28-12-6-5-11(10-13(12)26-2)17-15-16(18(21)29-17)20(25)22(19(15)24)8-7-14(23)27-3/h5-6,10H,4,7-9,21H2,1-3H3. The topological polar surface area (TPSA) is 108 Å². The molecule has 0 radical (unpaired) electrons. The van der Waals surface area contributed by atoms with E-state index in [9.17, 15) is 14.4 Å². The number of benzene rings is 1. The lowest BCUT2D eigenvalue weighted by Crippen LogP contribution is -2.32. The molecule has 1 aliphatic rings. The number of carbonyl (C=O) groups excluding carboxylic acids is 3. The summed E-state index contributed by atoms with van der Waals surface area (Å²) in [5.74, 6) is -0.344. The number of carbonyl (C=O) groups is 3. The van der Waals surface area contributed by atoms with Crippen LogP contribution in [0.4, 0.5) is 5.00 Å². The number of nitrogens with zero attached hydrogens (tertiary/aromatic N) is 1. The Balaban J connectivity index is 1.96. The number of nitrogens with two attached hydrogens (primary N) is 1. The molecule has 3 rings (SSSR count). The second-order valence-electron chi connectivity index (χ2n) is 6.35. The molecule has 29 heavy (non-hydrogen) atoms. The first kappa shape index (κ1) is 20.7. The maximum absolute atomic E-state index is 12.9. The Morgan fingerprint density at radius 2 is 1.86 bits per heavy atom. The first-order valence-electron chi connectivity index (χ1n) is 9.09. The molecule has 0 aliphatic carbocycles. The van der Waals surface area contributed by atoms with E-state index in [2.05, 4.69) is 4.74 Å². The minimum atomic E-state index is -0.499. The summed E-state index contributed by atoms with van der Waals surface area (Å²) in [7, 11) is 2.79. The third-order valence-electron chi connectivity index (χ3n) is 4.51. The zero-order valence-electron chi connectivity index (χ0n) is 16.4. The number of thiophene rings is 1. The van der Waals surface area contributed by atoms with Gasteiger partial charge in [0.2, 0.25) is 0 Å². The summed E-state index contributed by atoms with van der Waals surface area (Å²) in [6, 6.07) is 5.32. The Labute approximate surface area is 172 Å². The van der Waals surface area contributed by atoms with E-state index >= 15 is 0 Å². The molecule has 0 fully saturated rings. The van der Waals surface area contributed by atoms with Crippen molar-refractivity contribution < 1.29 is 28.6 Å². The number of nitrogen functional groups attached to an aromatic ring is 1. The van der Waals surface area contributed by atoms with Crippen LogP contribution in [0.2, 0.25) is 0 Å². The van der Waals surface area contributed by atoms with Crippen molar-refractivity contribution in [1.29, 1.82) is 0 Å². The molecule has 0 unspecified atom stereocenters. The molecule has 2 aromatic rings. The number of esters is 1. The maximum atomic E-state index is 12.9. The minimum Gasteiger partial charge on any atom is -0.493 e. The summed E-state index contributed by atoms with van der Waals surface area (Å²) >= 11 is 1.17. The fourth-order valence-corrected chi connectivity index (χ4v) is 4.13. The Bertz CT molecular complexity index is 968. The van der Waals surface area contributed by atoms with Crippen LogP contribution >= 0.6 is 11.3 Å². The van der Waals surface area contributed by atoms with Crippen LogP contribution in [0.1, 0.15) is 40.5 Å². The van der Waals surface area contributed by atoms with Crippen molar-refractivity contribution in [3.05, 3.63) is 29.3 Å². The quantitative estimate of drug-likeness (QED) is 0.519. The predicted molar refractivity (Wildman–Crippen MR) is 109 cm³/mol. The lowest BCUT2D eigenvalue weighted by Gasteiger charge is -2.14. The smallest absolute Gasteiger partial charge is 0.307 e. The molecule has 2 N–H and O–H groups in total. The molecule has 154 valence electrons. The highest BCUT2D eigenvalue weighted by Crippen LogP contribution is 2.45. The number of ether oxygens (including phenoxy) is 3. The fraction of sp³-hybridized carbons (Fsp3) is 0.350. The molecule has 0 bridgehead atoms. The third kappa shape index (κ3) is 3.77. The van der Waals surface area contributed by atoms with E-state index in [4.69, 9.17) is 15.2 Å². The van der Waals surface area contributed by atoms with E-state index in [0.29, 0.717) is 28.5 Å². The zero-order valence-corrected chi connectivity index (χ0v) is 17.3. The molecule has 0 saturated heterocycles. The summed E-state index contributed by atoms with van der Waals surface area (Å²) < 4.78 is 15.7. The van der Waals surface area contributed by atoms with Gasteiger partial charge in [-0.25, -0.2) is 0 Å². The van der Waals surface area contributed by atoms with Crippen LogP contribution in [-0.2, 0) is 9.53 Å². The number of anilines is 1. The van der Waals surface area contributed by atoms with Crippen molar-refractivity contribution in [2.24, 2.45) is 0 Å². The van der Waals surface area contributed by atoms with Gasteiger partial charge in [-0.2, -0.15) is 0 Å². The third-order valence-corrected chi connectivity index (χ3v) is 5.58. The largest absolute Gasteiger partial charge is 0.493 e. The van der Waals surface area contributed by atoms with Crippen LogP contribution in [0.5, 0.6) is 11.5 Å². The van der Waals surface area contributed by atoms with Gasteiger partial charge in [0.25, 0.3) is 11.8 Å². The van der Waals surface area contributed by atoms with Crippen LogP contribution in [0, 0.1) is 0 Å². The maximum Gasteiger partial charge on any atom is 0.307 e. The molecule has 8 nitrogen and oxygen atoms in total. The number of rotatable bonds is 8. The Kier molecular flexibility index (Phi) is 6.07. The molecule has 0 saturated carbocycles. The summed E-state index contributed by atoms with van der Waals surface area (Å²) in [4.78, 5) is 38.6. The molecule has 1 aliphatic heterocycles. The van der Waals surface area contributed by atoms with E-state index in [1.807, 2.05) is 6.92 Å². The number of imide groups is 1. The van der Waals surface area contributed by atoms with Gasteiger partial charge in [-0.3, -0.25) is 19.3 Å². The van der Waals surface area contributed by atoms with Crippen LogP contribution in [0.25, 0.3) is 10.4 Å². The number of methoxy groups -OCH3 is 2. The summed E-state index contributed by atoms with van der Waals surface area (Å²) in [6.45, 7) is 2.50. The van der Waals surface area contributed by atoms with Gasteiger partial charge < -0.3 is 19.9 Å². The zero-order chi connectivity index (χ0) is 21.1. The van der Waals surface area contributed by atoms with Crippen LogP contribution in [0.3, 0.4) is 0 Å². The van der Waals surface area contributed by atoms with Gasteiger partial charge in [-0.15, -0.1) is 11.3 Å². The fourth-order valence-electron chi connectivity index (χ4n) is 3.08. The van der Waals surface area contributed by atoms with E-state index in [1.54, 1.807) is 18.2 Å². The second kappa shape index (κ2) is 8.52. The first-order chi connectivity index (χ1) is 13.9. The summed E-state index contributed by atoms with van der Waals surface area (Å²) in [6.07, 6.45) is 0.784. The van der Waals surface area contributed by atoms with Crippen molar-refractivity contribution in [3.8, 4) is 21.9 Å². The first-order valence-corrected chi connectivity index (χ1v) is 9.91. The van der Waals surface area contributed by atoms with E-state index in [0.717, 1.165) is 11.3 Å². The van der Waals surface area contributed by atoms with Crippen molar-refractivity contribution in [1.82, 2.24) is 4.90 Å². The molecular formula is C20H22N2O6S. The molecule has 0 atom stereocenters. The van der Waals surface area contributed by atoms with Gasteiger partial charge in [0, 0.05) is 6.54 Å². The molecule has 1 aromatic heterocycles. The highest BCUT2D eigenvalue weighted by Gasteiger charge is 2.41. The van der Waals surface area contributed by atoms with Crippen molar-refractivity contribution in [2.75, 3.05) is 33.1 Å². The number of amides is 2. The van der Waals surface area contributed by atoms with Crippen LogP contribution in [-0.4, -0.2) is 50.1 Å². The monoisotopic (exact) mass is 418 g/mol. The number of fused-ring (bicyclic) bond motifs is 1. The predicted octanol–water partition coefficient (Wildman–Crippen LogP) is 2.95. The van der Waals surface area contributed by atoms with E-state index in [1.165, 1.54) is 25.6 Å². The Morgan fingerprint density at radius 1 is 1.14 bits per heavy atom. The van der Waals surface area contributed by atoms with E-state index < -0.39 is 17.8 Å². The van der Waals surface area contributed by atoms with Crippen molar-refractivity contribution in [2.45, 2.75) is 19.8 Å². The van der Waals surface area contributed by atoms with Gasteiger partial charge in [0.1, 0.15) is 5.00 Å². The van der Waals surface area contributed by atoms with Gasteiger partial charge >= 0.3 is 5.97 Å². The van der Waals surface area contributed by atoms with Gasteiger partial charge in [-0.05, 0) is 30.2 Å². The minimum absolute atomic E-state index is 0.0598. The lowest BCUT2D eigenvalue weighted by atomic mass is 10.1. The Morgan fingerprint density at radius 3 is 2.52 bits per heavy atom. The van der Waals surface area contributed by atoms with Crippen molar-refractivity contribution >= 4 is 34.1 Å². The van der Waals surface area contributed by atoms with Gasteiger partial charge in [0.15, 0.2) is 11.5 Å². The van der Waals surface area contributed by atoms with Gasteiger partial charge in [0.05, 0.1) is 43.3 Å². The average molecular weight is 418 g/mol. The molecular weight excluding hydrogens is 396 g/mol. The lowest BCUT2D eigenvalue weighted by molar-refractivity contribution is -0.140. The van der Waals surface area contributed by atoms with Gasteiger partial charge in [-0.1, -0.05) is 6.92 Å². The van der Waals surface area contributed by atoms with Crippen LogP contribution in [0.15, 0.2) is 18.2 Å². The van der Waals surface area contributed by atoms with Crippen molar-refractivity contribution in [3.63, 3.8) is 0 Å². The highest BCUT2D eigenvalue weighted by atomic mass is 32.1. The number of hydrogen-bond acceptors (Lipinski definition) is 8.